The Labute approximate surface area is 220 Å². The second kappa shape index (κ2) is 11.1. The Hall–Kier alpha value is -3.71. The first-order valence-electron chi connectivity index (χ1n) is 12.0. The van der Waals surface area contributed by atoms with Gasteiger partial charge in [-0.3, -0.25) is 24.5 Å². The number of benzene rings is 1. The highest BCUT2D eigenvalue weighted by Gasteiger charge is 2.40. The average molecular weight is 528 g/mol. The van der Waals surface area contributed by atoms with Crippen LogP contribution in [-0.2, 0) is 20.9 Å². The molecule has 2 atom stereocenters. The van der Waals surface area contributed by atoms with Crippen molar-refractivity contribution in [3.05, 3.63) is 41.6 Å². The number of aliphatic hydroxyl groups excluding tert-OH is 1. The lowest BCUT2D eigenvalue weighted by Gasteiger charge is -2.29. The third kappa shape index (κ3) is 5.37. The summed E-state index contributed by atoms with van der Waals surface area (Å²) in [6.45, 7) is 0.910. The van der Waals surface area contributed by atoms with Gasteiger partial charge in [0, 0.05) is 42.5 Å². The molecule has 4 heterocycles. The van der Waals surface area contributed by atoms with Gasteiger partial charge >= 0.3 is 0 Å². The molecule has 0 spiro atoms. The van der Waals surface area contributed by atoms with E-state index in [9.17, 15) is 24.3 Å². The second-order valence-corrected chi connectivity index (χ2v) is 9.05. The quantitative estimate of drug-likeness (QED) is 0.373. The van der Waals surface area contributed by atoms with Gasteiger partial charge < -0.3 is 25.5 Å². The molecule has 13 heteroatoms. The van der Waals surface area contributed by atoms with E-state index in [-0.39, 0.29) is 69.8 Å². The van der Waals surface area contributed by atoms with Gasteiger partial charge in [-0.05, 0) is 37.5 Å². The molecule has 2 aromatic rings. The van der Waals surface area contributed by atoms with Crippen LogP contribution in [0.5, 0.6) is 0 Å². The molecule has 1 aromatic carbocycles. The predicted octanol–water partition coefficient (Wildman–Crippen LogP) is 0.362. The van der Waals surface area contributed by atoms with Gasteiger partial charge in [0.05, 0.1) is 19.2 Å². The molecule has 196 valence electrons. The van der Waals surface area contributed by atoms with Gasteiger partial charge in [0.15, 0.2) is 0 Å². The van der Waals surface area contributed by atoms with Crippen molar-refractivity contribution in [3.8, 4) is 0 Å². The van der Waals surface area contributed by atoms with Crippen LogP contribution in [0.25, 0.3) is 0 Å². The van der Waals surface area contributed by atoms with Gasteiger partial charge in [-0.15, -0.1) is 0 Å². The Bertz CT molecular complexity index is 1230. The number of nitrogens with zero attached hydrogens (tertiary/aromatic N) is 4. The fraction of sp³-hybridized carbons (Fsp3) is 0.417. The fourth-order valence-corrected chi connectivity index (χ4v) is 4.94. The normalized spacial score (nSPS) is 20.8. The summed E-state index contributed by atoms with van der Waals surface area (Å²) < 4.78 is 0. The molecule has 12 nitrogen and oxygen atoms in total. The van der Waals surface area contributed by atoms with Crippen molar-refractivity contribution in [2.75, 3.05) is 35.2 Å². The third-order valence-corrected chi connectivity index (χ3v) is 6.77. The Balaban J connectivity index is 0.00000320. The molecular formula is C24H29N7O5S. The van der Waals surface area contributed by atoms with Crippen LogP contribution in [0.15, 0.2) is 30.5 Å². The van der Waals surface area contributed by atoms with Crippen molar-refractivity contribution in [2.24, 2.45) is 0 Å². The van der Waals surface area contributed by atoms with E-state index in [0.717, 1.165) is 19.4 Å². The third-order valence-electron chi connectivity index (χ3n) is 6.77. The number of carbonyl (C=O) groups excluding carboxylic acids is 4. The molecule has 2 saturated heterocycles. The monoisotopic (exact) mass is 527 g/mol. The minimum atomic E-state index is -0.721. The number of piperidine rings is 1. The zero-order valence-electron chi connectivity index (χ0n) is 20.1. The number of nitrogens with one attached hydrogen (secondary N) is 3. The van der Waals surface area contributed by atoms with Crippen LogP contribution in [0.2, 0.25) is 0 Å². The van der Waals surface area contributed by atoms with Gasteiger partial charge in [0.2, 0.25) is 23.7 Å². The summed E-state index contributed by atoms with van der Waals surface area (Å²) in [5.41, 5.74) is 1.55. The molecule has 37 heavy (non-hydrogen) atoms. The van der Waals surface area contributed by atoms with E-state index in [4.69, 9.17) is 0 Å². The summed E-state index contributed by atoms with van der Waals surface area (Å²) in [6, 6.07) is 5.99. The minimum Gasteiger partial charge on any atom is -0.394 e. The summed E-state index contributed by atoms with van der Waals surface area (Å²) in [5.74, 6) is -0.465. The highest BCUT2D eigenvalue weighted by atomic mass is 32.1. The lowest BCUT2D eigenvalue weighted by atomic mass is 10.0. The highest BCUT2D eigenvalue weighted by Crippen LogP contribution is 2.32. The summed E-state index contributed by atoms with van der Waals surface area (Å²) in [5, 5.41) is 17.7. The van der Waals surface area contributed by atoms with Crippen molar-refractivity contribution in [1.82, 2.24) is 20.2 Å². The Kier molecular flexibility index (Phi) is 7.93. The topological polar surface area (TPSA) is 157 Å². The number of hydrogen-bond donors (Lipinski definition) is 4. The summed E-state index contributed by atoms with van der Waals surface area (Å²) in [7, 11) is 0. The van der Waals surface area contributed by atoms with Gasteiger partial charge in [-0.2, -0.15) is 18.5 Å². The van der Waals surface area contributed by atoms with Gasteiger partial charge in [-0.1, -0.05) is 6.07 Å². The Morgan fingerprint density at radius 1 is 1.16 bits per heavy atom. The number of anilines is 3. The fourth-order valence-electron chi connectivity index (χ4n) is 4.94. The van der Waals surface area contributed by atoms with Crippen molar-refractivity contribution in [1.29, 1.82) is 0 Å². The second-order valence-electron chi connectivity index (χ2n) is 9.05. The lowest BCUT2D eigenvalue weighted by molar-refractivity contribution is -0.137. The summed E-state index contributed by atoms with van der Waals surface area (Å²) in [4.78, 5) is 61.6. The molecule has 3 aliphatic rings. The standard InChI is InChI=1S/C24H27N7O5.H2S/c32-13-14-3-2-10-30(14)24-25-9-8-19(28-24)26-11-21(34)27-17-5-1-4-15-16(17)12-31(23(15)36)18-6-7-20(33)29-22(18)35;/h1,4-5,8-9,14,18,32H,2-3,6-7,10-13H2,(H,27,34)(H,25,26,28)(H,29,33,35);1H2/t14-,18?;/m0./s1. The maximum absolute atomic E-state index is 13.0. The molecule has 1 aromatic heterocycles. The van der Waals surface area contributed by atoms with Gasteiger partial charge in [0.1, 0.15) is 11.9 Å². The number of aromatic nitrogens is 2. The van der Waals surface area contributed by atoms with E-state index < -0.39 is 11.9 Å². The van der Waals surface area contributed by atoms with E-state index >= 15 is 0 Å². The van der Waals surface area contributed by atoms with Crippen LogP contribution in [-0.4, -0.2) is 75.4 Å². The minimum absolute atomic E-state index is 0. The van der Waals surface area contributed by atoms with E-state index in [2.05, 4.69) is 25.9 Å². The van der Waals surface area contributed by atoms with Crippen LogP contribution in [0.1, 0.15) is 41.6 Å². The number of imide groups is 1. The van der Waals surface area contributed by atoms with E-state index in [0.29, 0.717) is 28.6 Å². The number of amides is 4. The molecule has 3 aliphatic heterocycles. The van der Waals surface area contributed by atoms with Crippen molar-refractivity contribution in [2.45, 2.75) is 44.3 Å². The SMILES string of the molecule is O=C1CCC(N2Cc3c(NC(=O)CNc4ccnc(N5CCC[C@H]5CO)n4)cccc3C2=O)C(=O)N1.S. The molecule has 4 amide bonds. The number of fused-ring (bicyclic) bond motifs is 1. The van der Waals surface area contributed by atoms with E-state index in [1.165, 1.54) is 4.90 Å². The molecule has 0 bridgehead atoms. The molecule has 0 saturated carbocycles. The summed E-state index contributed by atoms with van der Waals surface area (Å²) >= 11 is 0. The van der Waals surface area contributed by atoms with Crippen LogP contribution >= 0.6 is 13.5 Å². The maximum atomic E-state index is 13.0. The van der Waals surface area contributed by atoms with Crippen LogP contribution < -0.4 is 20.9 Å². The molecule has 0 aliphatic carbocycles. The smallest absolute Gasteiger partial charge is 0.255 e. The van der Waals surface area contributed by atoms with Crippen molar-refractivity contribution in [3.63, 3.8) is 0 Å². The first kappa shape index (κ1) is 26.4. The largest absolute Gasteiger partial charge is 0.394 e. The van der Waals surface area contributed by atoms with Crippen LogP contribution in [0.3, 0.4) is 0 Å². The maximum Gasteiger partial charge on any atom is 0.255 e. The molecule has 4 N–H and O–H groups in total. The molecule has 1 unspecified atom stereocenters. The Morgan fingerprint density at radius 2 is 2.00 bits per heavy atom. The molecule has 5 rings (SSSR count). The zero-order chi connectivity index (χ0) is 25.2. The first-order valence-corrected chi connectivity index (χ1v) is 12.0. The molecule has 0 radical (unpaired) electrons. The van der Waals surface area contributed by atoms with E-state index in [1.807, 2.05) is 4.90 Å². The summed E-state index contributed by atoms with van der Waals surface area (Å²) in [6.07, 6.45) is 3.89. The number of hydrogen-bond acceptors (Lipinski definition) is 9. The molecule has 2 fully saturated rings. The number of carbonyl (C=O) groups is 4. The molecular weight excluding hydrogens is 498 g/mol. The highest BCUT2D eigenvalue weighted by molar-refractivity contribution is 7.59. The lowest BCUT2D eigenvalue weighted by Crippen LogP contribution is -2.52. The first-order chi connectivity index (χ1) is 17.4. The van der Waals surface area contributed by atoms with Crippen molar-refractivity contribution < 1.29 is 24.3 Å². The van der Waals surface area contributed by atoms with Crippen LogP contribution in [0.4, 0.5) is 17.5 Å². The average Bonchev–Trinajstić information content (AvgIpc) is 3.48. The van der Waals surface area contributed by atoms with Gasteiger partial charge in [-0.25, -0.2) is 4.98 Å². The van der Waals surface area contributed by atoms with Crippen molar-refractivity contribution >= 4 is 54.6 Å². The van der Waals surface area contributed by atoms with Crippen LogP contribution in [0, 0.1) is 0 Å². The Morgan fingerprint density at radius 3 is 2.78 bits per heavy atom. The number of aliphatic hydroxyl groups is 1. The van der Waals surface area contributed by atoms with E-state index in [1.54, 1.807) is 30.5 Å². The zero-order valence-corrected chi connectivity index (χ0v) is 21.1. The van der Waals surface area contributed by atoms with Gasteiger partial charge in [0.25, 0.3) is 5.91 Å². The number of rotatable bonds is 7. The predicted molar refractivity (Wildman–Crippen MR) is 139 cm³/mol.